The maximum Gasteiger partial charge on any atom is 0.335 e. The Morgan fingerprint density at radius 3 is 2.63 bits per heavy atom. The van der Waals surface area contributed by atoms with Crippen LogP contribution in [0.2, 0.25) is 5.02 Å². The number of hydrogen-bond donors (Lipinski definition) is 1. The predicted molar refractivity (Wildman–Crippen MR) is 69.6 cm³/mol. The van der Waals surface area contributed by atoms with E-state index in [-0.39, 0.29) is 16.3 Å². The summed E-state index contributed by atoms with van der Waals surface area (Å²) >= 11 is 5.65. The first-order chi connectivity index (χ1) is 8.99. The van der Waals surface area contributed by atoms with Crippen LogP contribution in [0.15, 0.2) is 36.4 Å². The second-order valence-electron chi connectivity index (χ2n) is 3.94. The fourth-order valence-electron chi connectivity index (χ4n) is 1.58. The van der Waals surface area contributed by atoms with Gasteiger partial charge in [0.15, 0.2) is 11.6 Å². The molecule has 2 aromatic rings. The van der Waals surface area contributed by atoms with Crippen LogP contribution in [0.3, 0.4) is 0 Å². The van der Waals surface area contributed by atoms with Crippen LogP contribution < -0.4 is 4.74 Å². The maximum atomic E-state index is 13.7. The van der Waals surface area contributed by atoms with Crippen LogP contribution in [0.4, 0.5) is 4.39 Å². The molecule has 0 amide bonds. The first-order valence-electron chi connectivity index (χ1n) is 5.45. The lowest BCUT2D eigenvalue weighted by molar-refractivity contribution is 0.0697. The zero-order valence-electron chi connectivity index (χ0n) is 9.98. The van der Waals surface area contributed by atoms with E-state index in [1.807, 2.05) is 0 Å². The Hall–Kier alpha value is -2.07. The van der Waals surface area contributed by atoms with Crippen LogP contribution in [0.1, 0.15) is 15.9 Å². The highest BCUT2D eigenvalue weighted by Gasteiger charge is 2.11. The number of hydrogen-bond acceptors (Lipinski definition) is 2. The molecule has 0 spiro atoms. The molecule has 0 radical (unpaired) electrons. The molecule has 0 heterocycles. The smallest absolute Gasteiger partial charge is 0.335 e. The van der Waals surface area contributed by atoms with Gasteiger partial charge in [-0.2, -0.15) is 0 Å². The highest BCUT2D eigenvalue weighted by Crippen LogP contribution is 2.30. The molecule has 5 heteroatoms. The quantitative estimate of drug-likeness (QED) is 0.913. The molecule has 0 unspecified atom stereocenters. The molecule has 98 valence electrons. The summed E-state index contributed by atoms with van der Waals surface area (Å²) in [7, 11) is 0. The van der Waals surface area contributed by atoms with Crippen molar-refractivity contribution in [3.63, 3.8) is 0 Å². The van der Waals surface area contributed by atoms with Gasteiger partial charge in [0.05, 0.1) is 10.6 Å². The number of halogens is 2. The van der Waals surface area contributed by atoms with E-state index < -0.39 is 11.8 Å². The molecule has 0 aliphatic rings. The molecule has 0 aromatic heterocycles. The summed E-state index contributed by atoms with van der Waals surface area (Å²) in [6.07, 6.45) is 0. The molecule has 2 aromatic carbocycles. The Kier molecular flexibility index (Phi) is 3.71. The largest absolute Gasteiger partial charge is 0.478 e. The number of rotatable bonds is 3. The lowest BCUT2D eigenvalue weighted by Crippen LogP contribution is -1.98. The van der Waals surface area contributed by atoms with Gasteiger partial charge in [0.25, 0.3) is 0 Å². The van der Waals surface area contributed by atoms with Crippen LogP contribution in [-0.2, 0) is 0 Å². The van der Waals surface area contributed by atoms with Gasteiger partial charge in [0.2, 0.25) is 0 Å². The fourth-order valence-corrected chi connectivity index (χ4v) is 1.74. The standard InChI is InChI=1S/C14H10ClFO3/c1-8-7-9(14(17)18)5-6-11(8)19-12-4-2-3-10(15)13(12)16/h2-7H,1H3,(H,17,18). The van der Waals surface area contributed by atoms with Crippen LogP contribution >= 0.6 is 11.6 Å². The third-order valence-electron chi connectivity index (χ3n) is 2.56. The molecule has 1 N–H and O–H groups in total. The minimum atomic E-state index is -1.02. The number of carboxylic acids is 1. The van der Waals surface area contributed by atoms with E-state index in [0.717, 1.165) is 0 Å². The second-order valence-corrected chi connectivity index (χ2v) is 4.35. The third-order valence-corrected chi connectivity index (χ3v) is 2.85. The summed E-state index contributed by atoms with van der Waals surface area (Å²) in [5.74, 6) is -1.29. The van der Waals surface area contributed by atoms with Gasteiger partial charge in [0.1, 0.15) is 5.75 Å². The number of aryl methyl sites for hydroxylation is 1. The average molecular weight is 281 g/mol. The number of carbonyl (C=O) groups is 1. The Balaban J connectivity index is 2.34. The molecule has 0 saturated heterocycles. The highest BCUT2D eigenvalue weighted by molar-refractivity contribution is 6.30. The van der Waals surface area contributed by atoms with Crippen molar-refractivity contribution in [1.29, 1.82) is 0 Å². The first kappa shape index (κ1) is 13.4. The van der Waals surface area contributed by atoms with Gasteiger partial charge in [-0.15, -0.1) is 0 Å². The molecule has 2 rings (SSSR count). The van der Waals surface area contributed by atoms with Crippen molar-refractivity contribution in [3.8, 4) is 11.5 Å². The molecular weight excluding hydrogens is 271 g/mol. The third kappa shape index (κ3) is 2.85. The fraction of sp³-hybridized carbons (Fsp3) is 0.0714. The molecule has 0 fully saturated rings. The molecule has 0 atom stereocenters. The summed E-state index contributed by atoms with van der Waals surface area (Å²) < 4.78 is 19.1. The second kappa shape index (κ2) is 5.28. The van der Waals surface area contributed by atoms with E-state index in [0.29, 0.717) is 11.3 Å². The monoisotopic (exact) mass is 280 g/mol. The van der Waals surface area contributed by atoms with Crippen LogP contribution in [-0.4, -0.2) is 11.1 Å². The highest BCUT2D eigenvalue weighted by atomic mass is 35.5. The summed E-state index contributed by atoms with van der Waals surface area (Å²) in [6, 6.07) is 8.78. The molecule has 3 nitrogen and oxygen atoms in total. The zero-order chi connectivity index (χ0) is 14.0. The number of benzene rings is 2. The molecular formula is C14H10ClFO3. The minimum absolute atomic E-state index is 0.00123. The number of aromatic carboxylic acids is 1. The van der Waals surface area contributed by atoms with Gasteiger partial charge >= 0.3 is 5.97 Å². The molecule has 0 bridgehead atoms. The maximum absolute atomic E-state index is 13.7. The molecule has 0 aliphatic carbocycles. The van der Waals surface area contributed by atoms with Gasteiger partial charge < -0.3 is 9.84 Å². The summed E-state index contributed by atoms with van der Waals surface area (Å²) in [5, 5.41) is 8.82. The van der Waals surface area contributed by atoms with Crippen LogP contribution in [0.5, 0.6) is 11.5 Å². The Labute approximate surface area is 114 Å². The van der Waals surface area contributed by atoms with E-state index in [1.54, 1.807) is 13.0 Å². The van der Waals surface area contributed by atoms with Gasteiger partial charge in [-0.05, 0) is 42.8 Å². The average Bonchev–Trinajstić information content (AvgIpc) is 2.37. The zero-order valence-corrected chi connectivity index (χ0v) is 10.7. The van der Waals surface area contributed by atoms with Gasteiger partial charge in [-0.3, -0.25) is 0 Å². The van der Waals surface area contributed by atoms with Crippen molar-refractivity contribution in [3.05, 3.63) is 58.4 Å². The minimum Gasteiger partial charge on any atom is -0.478 e. The van der Waals surface area contributed by atoms with Gasteiger partial charge in [-0.1, -0.05) is 17.7 Å². The van der Waals surface area contributed by atoms with Gasteiger partial charge in [-0.25, -0.2) is 9.18 Å². The topological polar surface area (TPSA) is 46.5 Å². The van der Waals surface area contributed by atoms with E-state index in [2.05, 4.69) is 0 Å². The van der Waals surface area contributed by atoms with Crippen molar-refractivity contribution < 1.29 is 19.0 Å². The normalized spacial score (nSPS) is 10.3. The summed E-state index contributed by atoms with van der Waals surface area (Å²) in [4.78, 5) is 10.8. The van der Waals surface area contributed by atoms with E-state index >= 15 is 0 Å². The molecule has 0 aliphatic heterocycles. The molecule has 0 saturated carbocycles. The Bertz CT molecular complexity index is 641. The Morgan fingerprint density at radius 1 is 1.26 bits per heavy atom. The predicted octanol–water partition coefficient (Wildman–Crippen LogP) is 4.28. The summed E-state index contributed by atoms with van der Waals surface area (Å²) in [6.45, 7) is 1.68. The SMILES string of the molecule is Cc1cc(C(=O)O)ccc1Oc1cccc(Cl)c1F. The van der Waals surface area contributed by atoms with Crippen molar-refractivity contribution in [1.82, 2.24) is 0 Å². The van der Waals surface area contributed by atoms with Crippen LogP contribution in [0.25, 0.3) is 0 Å². The number of ether oxygens (including phenoxy) is 1. The van der Waals surface area contributed by atoms with Crippen molar-refractivity contribution >= 4 is 17.6 Å². The number of carboxylic acid groups (broad SMARTS) is 1. The summed E-state index contributed by atoms with van der Waals surface area (Å²) in [5.41, 5.74) is 0.746. The van der Waals surface area contributed by atoms with Gasteiger partial charge in [0, 0.05) is 0 Å². The van der Waals surface area contributed by atoms with Crippen LogP contribution in [0, 0.1) is 12.7 Å². The lowest BCUT2D eigenvalue weighted by atomic mass is 10.1. The van der Waals surface area contributed by atoms with Crippen molar-refractivity contribution in [2.75, 3.05) is 0 Å². The van der Waals surface area contributed by atoms with E-state index in [1.165, 1.54) is 30.3 Å². The van der Waals surface area contributed by atoms with Crippen molar-refractivity contribution in [2.24, 2.45) is 0 Å². The molecule has 19 heavy (non-hydrogen) atoms. The first-order valence-corrected chi connectivity index (χ1v) is 5.82. The lowest BCUT2D eigenvalue weighted by Gasteiger charge is -2.10. The Morgan fingerprint density at radius 2 is 2.00 bits per heavy atom. The van der Waals surface area contributed by atoms with Crippen molar-refractivity contribution in [2.45, 2.75) is 6.92 Å². The van der Waals surface area contributed by atoms with E-state index in [4.69, 9.17) is 21.4 Å². The van der Waals surface area contributed by atoms with E-state index in [9.17, 15) is 9.18 Å².